The monoisotopic (exact) mass is 333 g/mol. The van der Waals surface area contributed by atoms with E-state index in [1.54, 1.807) is 23.7 Å². The maximum Gasteiger partial charge on any atom is 0.324 e. The second-order valence-electron chi connectivity index (χ2n) is 5.39. The van der Waals surface area contributed by atoms with Crippen LogP contribution in [-0.2, 0) is 11.2 Å². The summed E-state index contributed by atoms with van der Waals surface area (Å²) in [6.07, 6.45) is 0.488. The van der Waals surface area contributed by atoms with Crippen LogP contribution in [0.2, 0.25) is 0 Å². The van der Waals surface area contributed by atoms with Crippen molar-refractivity contribution in [1.29, 1.82) is 0 Å². The van der Waals surface area contributed by atoms with Gasteiger partial charge in [-0.1, -0.05) is 26.0 Å². The van der Waals surface area contributed by atoms with E-state index < -0.39 is 5.97 Å². The zero-order valence-corrected chi connectivity index (χ0v) is 13.8. The minimum Gasteiger partial charge on any atom is -0.481 e. The molecule has 0 aliphatic rings. The molecular weight excluding hydrogens is 314 g/mol. The van der Waals surface area contributed by atoms with Crippen LogP contribution in [0.1, 0.15) is 36.6 Å². The Bertz CT molecular complexity index is 697. The molecule has 0 saturated heterocycles. The van der Waals surface area contributed by atoms with Crippen LogP contribution < -0.4 is 10.6 Å². The predicted molar refractivity (Wildman–Crippen MR) is 91.2 cm³/mol. The number of anilines is 2. The number of benzene rings is 1. The Morgan fingerprint density at radius 3 is 2.78 bits per heavy atom. The first-order valence-electron chi connectivity index (χ1n) is 7.28. The molecule has 7 heteroatoms. The van der Waals surface area contributed by atoms with E-state index in [9.17, 15) is 9.59 Å². The van der Waals surface area contributed by atoms with E-state index in [2.05, 4.69) is 15.6 Å². The third-order valence-electron chi connectivity index (χ3n) is 3.16. The highest BCUT2D eigenvalue weighted by Crippen LogP contribution is 2.27. The van der Waals surface area contributed by atoms with E-state index in [0.29, 0.717) is 17.9 Å². The lowest BCUT2D eigenvalue weighted by Crippen LogP contribution is -2.20. The maximum atomic E-state index is 12.1. The van der Waals surface area contributed by atoms with Crippen molar-refractivity contribution in [2.45, 2.75) is 32.6 Å². The smallest absolute Gasteiger partial charge is 0.324 e. The fraction of sp³-hybridized carbons (Fsp3) is 0.312. The summed E-state index contributed by atoms with van der Waals surface area (Å²) < 4.78 is 0. The number of rotatable bonds is 6. The van der Waals surface area contributed by atoms with Gasteiger partial charge in [-0.2, -0.15) is 0 Å². The number of carbonyl (C=O) groups excluding carboxylic acids is 1. The summed E-state index contributed by atoms with van der Waals surface area (Å²) >= 11 is 1.51. The molecule has 0 bridgehead atoms. The quantitative estimate of drug-likeness (QED) is 0.747. The van der Waals surface area contributed by atoms with Crippen molar-refractivity contribution in [1.82, 2.24) is 4.98 Å². The molecule has 23 heavy (non-hydrogen) atoms. The van der Waals surface area contributed by atoms with Crippen molar-refractivity contribution < 1.29 is 14.7 Å². The number of aryl methyl sites for hydroxylation is 1. The molecule has 2 amide bonds. The first-order valence-corrected chi connectivity index (χ1v) is 8.15. The Morgan fingerprint density at radius 1 is 1.30 bits per heavy atom. The number of aliphatic carboxylic acids is 1. The number of nitrogens with zero attached hydrogens (tertiary/aromatic N) is 1. The molecule has 122 valence electrons. The lowest BCUT2D eigenvalue weighted by molar-refractivity contribution is -0.136. The van der Waals surface area contributed by atoms with Crippen LogP contribution in [0.3, 0.4) is 0 Å². The molecule has 0 radical (unpaired) electrons. The number of carbonyl (C=O) groups is 2. The molecule has 6 nitrogen and oxygen atoms in total. The van der Waals surface area contributed by atoms with Crippen LogP contribution in [0.5, 0.6) is 0 Å². The van der Waals surface area contributed by atoms with Gasteiger partial charge in [-0.15, -0.1) is 11.3 Å². The highest BCUT2D eigenvalue weighted by molar-refractivity contribution is 7.10. The molecule has 0 saturated carbocycles. The average molecular weight is 333 g/mol. The number of carboxylic acids is 1. The molecule has 0 spiro atoms. The second-order valence-corrected chi connectivity index (χ2v) is 6.28. The Labute approximate surface area is 138 Å². The molecular formula is C16H19N3O3S. The molecule has 2 rings (SSSR count). The van der Waals surface area contributed by atoms with Crippen molar-refractivity contribution in [3.63, 3.8) is 0 Å². The SMILES string of the molecule is CC(C)c1scnc1NC(=O)Nc1cccc(CCC(=O)O)c1. The molecule has 3 N–H and O–H groups in total. The van der Waals surface area contributed by atoms with Gasteiger partial charge >= 0.3 is 12.0 Å². The molecule has 0 aliphatic heterocycles. The number of aromatic nitrogens is 1. The largest absolute Gasteiger partial charge is 0.481 e. The average Bonchev–Trinajstić information content (AvgIpc) is 2.93. The Kier molecular flexibility index (Phi) is 5.70. The Hall–Kier alpha value is -2.41. The highest BCUT2D eigenvalue weighted by Gasteiger charge is 2.12. The van der Waals surface area contributed by atoms with Crippen LogP contribution in [0.4, 0.5) is 16.3 Å². The molecule has 0 unspecified atom stereocenters. The van der Waals surface area contributed by atoms with Gasteiger partial charge < -0.3 is 10.4 Å². The zero-order chi connectivity index (χ0) is 16.8. The fourth-order valence-corrected chi connectivity index (χ4v) is 2.84. The summed E-state index contributed by atoms with van der Waals surface area (Å²) in [6, 6.07) is 6.79. The van der Waals surface area contributed by atoms with Gasteiger partial charge in [0.1, 0.15) is 5.82 Å². The number of amides is 2. The van der Waals surface area contributed by atoms with Crippen molar-refractivity contribution in [3.8, 4) is 0 Å². The topological polar surface area (TPSA) is 91.3 Å². The van der Waals surface area contributed by atoms with Crippen LogP contribution in [-0.4, -0.2) is 22.1 Å². The van der Waals surface area contributed by atoms with Gasteiger partial charge in [0.05, 0.1) is 10.4 Å². The molecule has 0 aliphatic carbocycles. The summed E-state index contributed by atoms with van der Waals surface area (Å²) in [5.41, 5.74) is 3.19. The number of nitrogens with one attached hydrogen (secondary N) is 2. The van der Waals surface area contributed by atoms with Crippen LogP contribution in [0, 0.1) is 0 Å². The lowest BCUT2D eigenvalue weighted by Gasteiger charge is -2.10. The minimum atomic E-state index is -0.842. The van der Waals surface area contributed by atoms with Gasteiger partial charge in [0.15, 0.2) is 0 Å². The zero-order valence-electron chi connectivity index (χ0n) is 13.0. The standard InChI is InChI=1S/C16H19N3O3S/c1-10(2)14-15(17-9-23-14)19-16(22)18-12-5-3-4-11(8-12)6-7-13(20)21/h3-5,8-10H,6-7H2,1-2H3,(H,20,21)(H2,18,19,22). The summed E-state index contributed by atoms with van der Waals surface area (Å²) in [6.45, 7) is 4.09. The summed E-state index contributed by atoms with van der Waals surface area (Å²) in [5, 5.41) is 14.2. The Morgan fingerprint density at radius 2 is 2.09 bits per heavy atom. The molecule has 2 aromatic rings. The van der Waals surface area contributed by atoms with Crippen molar-refractivity contribution in [3.05, 3.63) is 40.2 Å². The normalized spacial score (nSPS) is 10.6. The predicted octanol–water partition coefficient (Wildman–Crippen LogP) is 3.93. The third kappa shape index (κ3) is 5.07. The second kappa shape index (κ2) is 7.73. The molecule has 1 aromatic carbocycles. The summed E-state index contributed by atoms with van der Waals surface area (Å²) in [7, 11) is 0. The lowest BCUT2D eigenvalue weighted by atomic mass is 10.1. The van der Waals surface area contributed by atoms with Crippen LogP contribution >= 0.6 is 11.3 Å². The van der Waals surface area contributed by atoms with Crippen LogP contribution in [0.25, 0.3) is 0 Å². The van der Waals surface area contributed by atoms with Gasteiger partial charge in [0.2, 0.25) is 0 Å². The van der Waals surface area contributed by atoms with Gasteiger partial charge in [0, 0.05) is 12.1 Å². The fourth-order valence-electron chi connectivity index (χ4n) is 2.08. The highest BCUT2D eigenvalue weighted by atomic mass is 32.1. The first-order chi connectivity index (χ1) is 11.0. The minimum absolute atomic E-state index is 0.0617. The van der Waals surface area contributed by atoms with E-state index in [1.807, 2.05) is 19.9 Å². The van der Waals surface area contributed by atoms with Gasteiger partial charge in [-0.3, -0.25) is 10.1 Å². The van der Waals surface area contributed by atoms with Crippen LogP contribution in [0.15, 0.2) is 29.8 Å². The van der Waals surface area contributed by atoms with E-state index in [-0.39, 0.29) is 18.4 Å². The van der Waals surface area contributed by atoms with E-state index in [4.69, 9.17) is 5.11 Å². The van der Waals surface area contributed by atoms with E-state index in [1.165, 1.54) is 11.3 Å². The number of urea groups is 1. The number of hydrogen-bond donors (Lipinski definition) is 3. The third-order valence-corrected chi connectivity index (χ3v) is 4.29. The molecule has 1 heterocycles. The van der Waals surface area contributed by atoms with Gasteiger partial charge in [-0.05, 0) is 30.0 Å². The van der Waals surface area contributed by atoms with E-state index in [0.717, 1.165) is 10.4 Å². The molecule has 1 aromatic heterocycles. The molecule has 0 atom stereocenters. The van der Waals surface area contributed by atoms with Crippen molar-refractivity contribution in [2.24, 2.45) is 0 Å². The summed E-state index contributed by atoms with van der Waals surface area (Å²) in [5.74, 6) is 0.0209. The summed E-state index contributed by atoms with van der Waals surface area (Å²) in [4.78, 5) is 27.9. The number of hydrogen-bond acceptors (Lipinski definition) is 4. The van der Waals surface area contributed by atoms with Crippen molar-refractivity contribution in [2.75, 3.05) is 10.6 Å². The number of thiazole rings is 1. The number of carboxylic acid groups (broad SMARTS) is 1. The van der Waals surface area contributed by atoms with Gasteiger partial charge in [-0.25, -0.2) is 9.78 Å². The van der Waals surface area contributed by atoms with Crippen molar-refractivity contribution >= 4 is 34.8 Å². The van der Waals surface area contributed by atoms with Gasteiger partial charge in [0.25, 0.3) is 0 Å². The van der Waals surface area contributed by atoms with E-state index >= 15 is 0 Å². The Balaban J connectivity index is 1.98. The molecule has 0 fully saturated rings. The first kappa shape index (κ1) is 17.0. The maximum absolute atomic E-state index is 12.1.